The quantitative estimate of drug-likeness (QED) is 0.616. The first-order chi connectivity index (χ1) is 6.31. The molecule has 13 heavy (non-hydrogen) atoms. The Morgan fingerprint density at radius 2 is 2.00 bits per heavy atom. The van der Waals surface area contributed by atoms with Crippen LogP contribution in [0.2, 0.25) is 0 Å². The molecule has 0 amide bonds. The van der Waals surface area contributed by atoms with Crippen LogP contribution in [0.4, 0.5) is 0 Å². The predicted molar refractivity (Wildman–Crippen MR) is 51.3 cm³/mol. The molecular formula is C11H16O2. The molecule has 1 aliphatic carbocycles. The third-order valence-electron chi connectivity index (χ3n) is 2.65. The largest absolute Gasteiger partial charge is 0.352 e. The number of hydrogen-bond acceptors (Lipinski definition) is 2. The molecule has 2 heteroatoms. The molecule has 0 N–H and O–H groups in total. The van der Waals surface area contributed by atoms with Gasteiger partial charge in [0, 0.05) is 5.41 Å². The van der Waals surface area contributed by atoms with Crippen molar-refractivity contribution in [3.8, 4) is 0 Å². The second-order valence-corrected chi connectivity index (χ2v) is 3.92. The zero-order valence-corrected chi connectivity index (χ0v) is 8.03. The third-order valence-corrected chi connectivity index (χ3v) is 2.65. The second kappa shape index (κ2) is 3.64. The highest BCUT2D eigenvalue weighted by Gasteiger charge is 2.34. The van der Waals surface area contributed by atoms with Crippen LogP contribution in [0.1, 0.15) is 19.8 Å². The predicted octanol–water partition coefficient (Wildman–Crippen LogP) is 2.27. The molecule has 1 unspecified atom stereocenters. The van der Waals surface area contributed by atoms with E-state index in [1.807, 2.05) is 0 Å². The zero-order chi connectivity index (χ0) is 9.15. The van der Waals surface area contributed by atoms with Crippen molar-refractivity contribution in [2.75, 3.05) is 13.2 Å². The Morgan fingerprint density at radius 3 is 2.62 bits per heavy atom. The minimum absolute atomic E-state index is 0.0369. The lowest BCUT2D eigenvalue weighted by atomic mass is 9.83. The Morgan fingerprint density at radius 1 is 1.23 bits per heavy atom. The van der Waals surface area contributed by atoms with Crippen molar-refractivity contribution >= 4 is 0 Å². The molecule has 0 saturated carbocycles. The zero-order valence-electron chi connectivity index (χ0n) is 8.03. The molecule has 1 atom stereocenters. The van der Waals surface area contributed by atoms with Crippen LogP contribution >= 0.6 is 0 Å². The van der Waals surface area contributed by atoms with Gasteiger partial charge in [-0.2, -0.15) is 0 Å². The molecular weight excluding hydrogens is 164 g/mol. The van der Waals surface area contributed by atoms with Crippen molar-refractivity contribution in [1.82, 2.24) is 0 Å². The summed E-state index contributed by atoms with van der Waals surface area (Å²) < 4.78 is 11.2. The van der Waals surface area contributed by atoms with E-state index in [-0.39, 0.29) is 11.7 Å². The molecule has 2 aliphatic rings. The van der Waals surface area contributed by atoms with Gasteiger partial charge in [-0.15, -0.1) is 0 Å². The maximum absolute atomic E-state index is 5.61. The summed E-state index contributed by atoms with van der Waals surface area (Å²) in [5.41, 5.74) is 0.0369. The van der Waals surface area contributed by atoms with Gasteiger partial charge in [-0.05, 0) is 12.8 Å². The molecule has 0 spiro atoms. The summed E-state index contributed by atoms with van der Waals surface area (Å²) in [6, 6.07) is 0. The van der Waals surface area contributed by atoms with Crippen molar-refractivity contribution in [3.63, 3.8) is 0 Å². The highest BCUT2D eigenvalue weighted by Crippen LogP contribution is 2.34. The van der Waals surface area contributed by atoms with Gasteiger partial charge in [0.05, 0.1) is 13.2 Å². The molecule has 1 heterocycles. The first-order valence-corrected chi connectivity index (χ1v) is 4.89. The van der Waals surface area contributed by atoms with E-state index in [0.29, 0.717) is 0 Å². The van der Waals surface area contributed by atoms with E-state index < -0.39 is 0 Å². The van der Waals surface area contributed by atoms with E-state index in [0.717, 1.165) is 26.1 Å². The topological polar surface area (TPSA) is 18.5 Å². The average molecular weight is 180 g/mol. The van der Waals surface area contributed by atoms with Gasteiger partial charge < -0.3 is 9.47 Å². The van der Waals surface area contributed by atoms with Gasteiger partial charge in [-0.25, -0.2) is 0 Å². The van der Waals surface area contributed by atoms with Gasteiger partial charge in [-0.1, -0.05) is 31.2 Å². The van der Waals surface area contributed by atoms with E-state index in [9.17, 15) is 0 Å². The highest BCUT2D eigenvalue weighted by atomic mass is 16.7. The van der Waals surface area contributed by atoms with E-state index in [2.05, 4.69) is 31.2 Å². The van der Waals surface area contributed by atoms with Crippen molar-refractivity contribution in [2.45, 2.75) is 26.1 Å². The summed E-state index contributed by atoms with van der Waals surface area (Å²) in [7, 11) is 0. The summed E-state index contributed by atoms with van der Waals surface area (Å²) in [6.07, 6.45) is 10.5. The van der Waals surface area contributed by atoms with E-state index in [4.69, 9.17) is 9.47 Å². The summed E-state index contributed by atoms with van der Waals surface area (Å²) in [6.45, 7) is 3.85. The Bertz CT molecular complexity index is 226. The molecule has 1 fully saturated rings. The summed E-state index contributed by atoms with van der Waals surface area (Å²) in [5.74, 6) is 0. The Labute approximate surface area is 79.2 Å². The fourth-order valence-corrected chi connectivity index (χ4v) is 1.79. The van der Waals surface area contributed by atoms with Crippen molar-refractivity contribution < 1.29 is 9.47 Å². The lowest BCUT2D eigenvalue weighted by Crippen LogP contribution is -2.39. The Hall–Kier alpha value is -0.600. The Balaban J connectivity index is 2.04. The minimum atomic E-state index is -0.0533. The summed E-state index contributed by atoms with van der Waals surface area (Å²) >= 11 is 0. The van der Waals surface area contributed by atoms with Crippen LogP contribution < -0.4 is 0 Å². The summed E-state index contributed by atoms with van der Waals surface area (Å²) in [5, 5.41) is 0. The van der Waals surface area contributed by atoms with Gasteiger partial charge in [0.2, 0.25) is 0 Å². The van der Waals surface area contributed by atoms with Crippen LogP contribution in [-0.2, 0) is 9.47 Å². The normalized spacial score (nSPS) is 35.2. The molecule has 1 saturated heterocycles. The number of allylic oxidation sites excluding steroid dienone is 3. The van der Waals surface area contributed by atoms with Crippen molar-refractivity contribution in [3.05, 3.63) is 24.3 Å². The first kappa shape index (κ1) is 8.97. The van der Waals surface area contributed by atoms with E-state index in [1.165, 1.54) is 0 Å². The standard InChI is InChI=1S/C11H16O2/c1-11(6-3-2-4-7-11)10-12-8-5-9-13-10/h2-4,6,10H,5,7-9H2,1H3. The molecule has 1 aliphatic heterocycles. The van der Waals surface area contributed by atoms with Crippen LogP contribution in [0.15, 0.2) is 24.3 Å². The first-order valence-electron chi connectivity index (χ1n) is 4.89. The lowest BCUT2D eigenvalue weighted by molar-refractivity contribution is -0.220. The van der Waals surface area contributed by atoms with Gasteiger partial charge in [0.25, 0.3) is 0 Å². The molecule has 2 nitrogen and oxygen atoms in total. The fraction of sp³-hybridized carbons (Fsp3) is 0.636. The highest BCUT2D eigenvalue weighted by molar-refractivity contribution is 5.16. The smallest absolute Gasteiger partial charge is 0.166 e. The third kappa shape index (κ3) is 1.84. The van der Waals surface area contributed by atoms with E-state index >= 15 is 0 Å². The second-order valence-electron chi connectivity index (χ2n) is 3.92. The maximum Gasteiger partial charge on any atom is 0.166 e. The van der Waals surface area contributed by atoms with Crippen molar-refractivity contribution in [1.29, 1.82) is 0 Å². The van der Waals surface area contributed by atoms with E-state index in [1.54, 1.807) is 0 Å². The van der Waals surface area contributed by atoms with Crippen LogP contribution in [0.3, 0.4) is 0 Å². The van der Waals surface area contributed by atoms with Crippen molar-refractivity contribution in [2.24, 2.45) is 5.41 Å². The molecule has 0 aromatic rings. The SMILES string of the molecule is CC1(C2OCCCO2)C=CC=CC1. The van der Waals surface area contributed by atoms with Crippen LogP contribution in [0.5, 0.6) is 0 Å². The van der Waals surface area contributed by atoms with Gasteiger partial charge in [0.1, 0.15) is 0 Å². The number of rotatable bonds is 1. The number of ether oxygens (including phenoxy) is 2. The molecule has 2 rings (SSSR count). The molecule has 72 valence electrons. The molecule has 0 bridgehead atoms. The lowest BCUT2D eigenvalue weighted by Gasteiger charge is -2.37. The van der Waals surface area contributed by atoms with Gasteiger partial charge in [-0.3, -0.25) is 0 Å². The Kier molecular flexibility index (Phi) is 2.51. The molecule has 0 radical (unpaired) electrons. The summed E-state index contributed by atoms with van der Waals surface area (Å²) in [4.78, 5) is 0. The molecule has 0 aromatic heterocycles. The van der Waals surface area contributed by atoms with Crippen LogP contribution in [0.25, 0.3) is 0 Å². The molecule has 0 aromatic carbocycles. The van der Waals surface area contributed by atoms with Gasteiger partial charge >= 0.3 is 0 Å². The fourth-order valence-electron chi connectivity index (χ4n) is 1.79. The maximum atomic E-state index is 5.61. The van der Waals surface area contributed by atoms with Crippen LogP contribution in [-0.4, -0.2) is 19.5 Å². The monoisotopic (exact) mass is 180 g/mol. The number of hydrogen-bond donors (Lipinski definition) is 0. The van der Waals surface area contributed by atoms with Gasteiger partial charge in [0.15, 0.2) is 6.29 Å². The van der Waals surface area contributed by atoms with Crippen LogP contribution in [0, 0.1) is 5.41 Å². The minimum Gasteiger partial charge on any atom is -0.352 e. The average Bonchev–Trinajstić information content (AvgIpc) is 2.20.